The van der Waals surface area contributed by atoms with Crippen LogP contribution < -0.4 is 0 Å². The summed E-state index contributed by atoms with van der Waals surface area (Å²) in [7, 11) is 0. The van der Waals surface area contributed by atoms with Crippen LogP contribution in [-0.2, 0) is 4.74 Å². The maximum absolute atomic E-state index is 5.04. The first-order chi connectivity index (χ1) is 3.00. The fourth-order valence-corrected chi connectivity index (χ4v) is 0.580. The molecule has 0 amide bonds. The predicted molar refractivity (Wildman–Crippen MR) is 36.5 cm³/mol. The number of ether oxygens (including phenoxy) is 1. The molecule has 0 N–H and O–H groups in total. The Kier molecular flexibility index (Phi) is 11.1. The van der Waals surface area contributed by atoms with Gasteiger partial charge in [-0.3, -0.25) is 0 Å². The summed E-state index contributed by atoms with van der Waals surface area (Å²) in [5, 5.41) is 0. The topological polar surface area (TPSA) is 9.23 Å². The van der Waals surface area contributed by atoms with Gasteiger partial charge in [-0.25, -0.2) is 0 Å². The van der Waals surface area contributed by atoms with Crippen molar-refractivity contribution >= 4 is 23.1 Å². The smallest absolute Gasteiger partial charge is 0.387 e. The van der Waals surface area contributed by atoms with Crippen LogP contribution >= 0.6 is 0 Å². The van der Waals surface area contributed by atoms with Crippen LogP contribution in [0.2, 0.25) is 0 Å². The number of rotatable bonds is 0. The van der Waals surface area contributed by atoms with Gasteiger partial charge in [-0.1, -0.05) is 0 Å². The molecule has 1 nitrogen and oxygen atoms in total. The fraction of sp³-hybridized carbons (Fsp3) is 0.667. The maximum atomic E-state index is 5.04. The van der Waals surface area contributed by atoms with Gasteiger partial charge in [-0.15, -0.1) is 0 Å². The van der Waals surface area contributed by atoms with E-state index in [9.17, 15) is 0 Å². The van der Waals surface area contributed by atoms with Gasteiger partial charge in [0.1, 0.15) is 0 Å². The largest absolute Gasteiger partial charge is 2.00 e. The van der Waals surface area contributed by atoms with Crippen LogP contribution in [0.1, 0.15) is 12.8 Å². The van der Waals surface area contributed by atoms with Crippen LogP contribution in [0.4, 0.5) is 0 Å². The van der Waals surface area contributed by atoms with Crippen molar-refractivity contribution < 1.29 is 4.74 Å². The molecule has 44 valence electrons. The molecule has 1 fully saturated rings. The van der Waals surface area contributed by atoms with E-state index in [-0.39, 0.29) is 30.5 Å². The van der Waals surface area contributed by atoms with Crippen LogP contribution in [0, 0.1) is 13.8 Å². The zero-order valence-electron chi connectivity index (χ0n) is 5.52. The van der Waals surface area contributed by atoms with E-state index in [1.807, 2.05) is 0 Å². The van der Waals surface area contributed by atoms with Crippen LogP contribution in [0.25, 0.3) is 0 Å². The molecule has 1 rings (SSSR count). The second-order valence-electron chi connectivity index (χ2n) is 1.48. The van der Waals surface area contributed by atoms with Crippen LogP contribution in [0.3, 0.4) is 0 Å². The van der Waals surface area contributed by atoms with Crippen molar-refractivity contribution in [2.24, 2.45) is 0 Å². The van der Waals surface area contributed by atoms with Gasteiger partial charge < -0.3 is 18.6 Å². The molecule has 1 aliphatic rings. The maximum Gasteiger partial charge on any atom is 2.00 e. The summed E-state index contributed by atoms with van der Waals surface area (Å²) in [5.74, 6) is 0. The summed E-state index contributed by atoms with van der Waals surface area (Å²) in [6.07, 6.45) is 4.57. The first-order valence-electron chi connectivity index (χ1n) is 2.39. The second kappa shape index (κ2) is 7.73. The van der Waals surface area contributed by atoms with E-state index in [0.29, 0.717) is 0 Å². The van der Waals surface area contributed by atoms with Gasteiger partial charge in [0.15, 0.2) is 0 Å². The van der Waals surface area contributed by atoms with E-state index < -0.39 is 0 Å². The molecule has 1 heterocycles. The standard InChI is InChI=1S/C5H9O.CH3.Mg/c1-2-4-6-5-3-1;;/h1H,2-5H2;1H3;/q2*-1;+2. The zero-order valence-corrected chi connectivity index (χ0v) is 6.94. The number of hydrogen-bond donors (Lipinski definition) is 0. The minimum absolute atomic E-state index is 0. The van der Waals surface area contributed by atoms with Crippen LogP contribution in [0.5, 0.6) is 0 Å². The van der Waals surface area contributed by atoms with Crippen molar-refractivity contribution in [3.63, 3.8) is 0 Å². The van der Waals surface area contributed by atoms with Gasteiger partial charge in [0.2, 0.25) is 0 Å². The van der Waals surface area contributed by atoms with E-state index in [2.05, 4.69) is 6.42 Å². The Morgan fingerprint density at radius 1 is 1.12 bits per heavy atom. The molecule has 0 aromatic rings. The SMILES string of the molecule is [CH-]1CCOCC1.[CH3-].[Mg+2]. The summed E-state index contributed by atoms with van der Waals surface area (Å²) in [4.78, 5) is 0. The minimum atomic E-state index is 0. The molecule has 1 saturated heterocycles. The van der Waals surface area contributed by atoms with Gasteiger partial charge in [-0.2, -0.15) is 12.8 Å². The molecule has 0 aromatic carbocycles. The molecule has 0 aromatic heterocycles. The molecule has 0 aliphatic carbocycles. The third kappa shape index (κ3) is 4.87. The van der Waals surface area contributed by atoms with Crippen molar-refractivity contribution in [1.82, 2.24) is 0 Å². The zero-order chi connectivity index (χ0) is 4.24. The molecule has 0 spiro atoms. The molecular formula is C6H12MgO. The average molecular weight is 124 g/mol. The quantitative estimate of drug-likeness (QED) is 0.347. The average Bonchev–Trinajstić information content (AvgIpc) is 1.72. The van der Waals surface area contributed by atoms with Gasteiger partial charge in [-0.05, 0) is 0 Å². The third-order valence-corrected chi connectivity index (χ3v) is 0.933. The van der Waals surface area contributed by atoms with Crippen molar-refractivity contribution in [3.8, 4) is 0 Å². The Morgan fingerprint density at radius 2 is 1.62 bits per heavy atom. The predicted octanol–water partition coefficient (Wildman–Crippen LogP) is 1.07. The van der Waals surface area contributed by atoms with E-state index in [0.717, 1.165) is 26.1 Å². The minimum Gasteiger partial charge on any atom is -0.387 e. The molecule has 0 atom stereocenters. The molecule has 0 unspecified atom stereocenters. The van der Waals surface area contributed by atoms with E-state index in [4.69, 9.17) is 4.74 Å². The summed E-state index contributed by atoms with van der Waals surface area (Å²) in [6, 6.07) is 0. The Hall–Kier alpha value is 0.726. The first kappa shape index (κ1) is 11.5. The van der Waals surface area contributed by atoms with Crippen molar-refractivity contribution in [2.45, 2.75) is 12.8 Å². The normalized spacial score (nSPS) is 18.0. The Labute approximate surface area is 67.9 Å². The Bertz CT molecular complexity index is 24.0. The van der Waals surface area contributed by atoms with Gasteiger partial charge in [0.05, 0.1) is 0 Å². The van der Waals surface area contributed by atoms with E-state index >= 15 is 0 Å². The summed E-state index contributed by atoms with van der Waals surface area (Å²) >= 11 is 0. The molecule has 0 radical (unpaired) electrons. The van der Waals surface area contributed by atoms with Crippen LogP contribution in [-0.4, -0.2) is 36.3 Å². The van der Waals surface area contributed by atoms with E-state index in [1.165, 1.54) is 0 Å². The van der Waals surface area contributed by atoms with Crippen molar-refractivity contribution in [2.75, 3.05) is 13.2 Å². The molecule has 0 saturated carbocycles. The van der Waals surface area contributed by atoms with Gasteiger partial charge in [0, 0.05) is 13.2 Å². The summed E-state index contributed by atoms with van der Waals surface area (Å²) in [6.45, 7) is 1.89. The monoisotopic (exact) mass is 124 g/mol. The molecule has 0 bridgehead atoms. The number of hydrogen-bond acceptors (Lipinski definition) is 1. The molecule has 2 heteroatoms. The van der Waals surface area contributed by atoms with E-state index in [1.54, 1.807) is 0 Å². The summed E-state index contributed by atoms with van der Waals surface area (Å²) in [5.41, 5.74) is 0. The Morgan fingerprint density at radius 3 is 1.75 bits per heavy atom. The Balaban J connectivity index is 0. The molecular weight excluding hydrogens is 112 g/mol. The fourth-order valence-electron chi connectivity index (χ4n) is 0.580. The third-order valence-electron chi connectivity index (χ3n) is 0.933. The van der Waals surface area contributed by atoms with Crippen molar-refractivity contribution in [1.29, 1.82) is 0 Å². The van der Waals surface area contributed by atoms with Gasteiger partial charge in [0.25, 0.3) is 0 Å². The van der Waals surface area contributed by atoms with Crippen molar-refractivity contribution in [3.05, 3.63) is 13.8 Å². The summed E-state index contributed by atoms with van der Waals surface area (Å²) < 4.78 is 5.04. The first-order valence-corrected chi connectivity index (χ1v) is 2.39. The molecule has 8 heavy (non-hydrogen) atoms. The van der Waals surface area contributed by atoms with Gasteiger partial charge >= 0.3 is 23.1 Å². The second-order valence-corrected chi connectivity index (χ2v) is 1.48. The molecule has 1 aliphatic heterocycles. The van der Waals surface area contributed by atoms with Crippen LogP contribution in [0.15, 0.2) is 0 Å².